The Balaban J connectivity index is 0.000000604. The van der Waals surface area contributed by atoms with Gasteiger partial charge >= 0.3 is 0 Å². The second-order valence-corrected chi connectivity index (χ2v) is 8.18. The predicted octanol–water partition coefficient (Wildman–Crippen LogP) is 5.96. The first-order valence-electron chi connectivity index (χ1n) is 10.1. The molecule has 0 aliphatic heterocycles. The molecule has 0 aromatic heterocycles. The number of benzene rings is 3. The number of hydrazone groups is 1. The van der Waals surface area contributed by atoms with Crippen molar-refractivity contribution < 1.29 is 14.3 Å². The van der Waals surface area contributed by atoms with Crippen molar-refractivity contribution in [3.8, 4) is 0 Å². The molecule has 0 spiro atoms. The maximum absolute atomic E-state index is 12.1. The predicted molar refractivity (Wildman–Crippen MR) is 139 cm³/mol. The van der Waals surface area contributed by atoms with Crippen molar-refractivity contribution in [3.05, 3.63) is 98.5 Å². The Morgan fingerprint density at radius 1 is 1.03 bits per heavy atom. The lowest BCUT2D eigenvalue weighted by Crippen LogP contribution is -2.22. The van der Waals surface area contributed by atoms with Gasteiger partial charge in [0.05, 0.1) is 11.9 Å². The second kappa shape index (κ2) is 14.4. The standard InChI is InChI=1S/C22H17Cl3N2O.C3H7NO2/c1-15(28)27(26-14-17-5-3-2-4-6-17)19-12-21(24)20(22(25)13-19)11-16-7-9-18(23)10-8-16;1-6-3-4-2-5/h2-10,12-14H,11H2,1H3;2H,3H2,1H3,(H,4,5)/b26-14+;. The van der Waals surface area contributed by atoms with Crippen LogP contribution >= 0.6 is 34.8 Å². The van der Waals surface area contributed by atoms with Gasteiger partial charge in [0.15, 0.2) is 0 Å². The normalized spacial score (nSPS) is 10.4. The monoisotopic (exact) mass is 519 g/mol. The largest absolute Gasteiger partial charge is 0.365 e. The van der Waals surface area contributed by atoms with E-state index < -0.39 is 0 Å². The summed E-state index contributed by atoms with van der Waals surface area (Å²) in [5, 5.41) is 9.48. The van der Waals surface area contributed by atoms with E-state index in [2.05, 4.69) is 15.2 Å². The molecule has 0 saturated carbocycles. The minimum atomic E-state index is -0.246. The third kappa shape index (κ3) is 8.80. The highest BCUT2D eigenvalue weighted by Gasteiger charge is 2.16. The summed E-state index contributed by atoms with van der Waals surface area (Å²) in [6, 6.07) is 20.4. The molecule has 0 aliphatic carbocycles. The van der Waals surface area contributed by atoms with Gasteiger partial charge in [0.1, 0.15) is 6.73 Å². The first kappa shape index (κ1) is 27.3. The maximum Gasteiger partial charge on any atom is 0.244 e. The number of amides is 2. The van der Waals surface area contributed by atoms with E-state index in [4.69, 9.17) is 34.8 Å². The fraction of sp³-hybridized carbons (Fsp3) is 0.160. The van der Waals surface area contributed by atoms with Crippen molar-refractivity contribution in [2.75, 3.05) is 18.8 Å². The molecule has 0 unspecified atom stereocenters. The summed E-state index contributed by atoms with van der Waals surface area (Å²) in [6.45, 7) is 1.73. The van der Waals surface area contributed by atoms with Gasteiger partial charge in [-0.25, -0.2) is 5.01 Å². The van der Waals surface area contributed by atoms with Crippen LogP contribution in [0.25, 0.3) is 0 Å². The van der Waals surface area contributed by atoms with Gasteiger partial charge in [-0.3, -0.25) is 9.59 Å². The molecule has 2 amide bonds. The quantitative estimate of drug-likeness (QED) is 0.131. The van der Waals surface area contributed by atoms with Gasteiger partial charge in [-0.2, -0.15) is 5.10 Å². The Morgan fingerprint density at radius 2 is 1.65 bits per heavy atom. The number of hydrogen-bond acceptors (Lipinski definition) is 4. The number of carbonyl (C=O) groups excluding carboxylic acids is 2. The van der Waals surface area contributed by atoms with Crippen molar-refractivity contribution >= 4 is 59.0 Å². The molecule has 0 bridgehead atoms. The zero-order valence-corrected chi connectivity index (χ0v) is 20.9. The van der Waals surface area contributed by atoms with Gasteiger partial charge in [0.2, 0.25) is 12.3 Å². The lowest BCUT2D eigenvalue weighted by atomic mass is 10.0. The van der Waals surface area contributed by atoms with Crippen molar-refractivity contribution in [1.29, 1.82) is 0 Å². The number of hydrogen-bond donors (Lipinski definition) is 1. The van der Waals surface area contributed by atoms with Gasteiger partial charge < -0.3 is 10.1 Å². The van der Waals surface area contributed by atoms with Crippen LogP contribution in [-0.2, 0) is 20.7 Å². The summed E-state index contributed by atoms with van der Waals surface area (Å²) >= 11 is 18.9. The smallest absolute Gasteiger partial charge is 0.244 e. The number of ether oxygens (including phenoxy) is 1. The number of carbonyl (C=O) groups is 2. The highest BCUT2D eigenvalue weighted by molar-refractivity contribution is 6.36. The molecular formula is C25H24Cl3N3O3. The Hall–Kier alpha value is -2.90. The van der Waals surface area contributed by atoms with E-state index in [1.165, 1.54) is 19.0 Å². The Kier molecular flexibility index (Phi) is 11.6. The molecule has 0 fully saturated rings. The molecule has 1 N–H and O–H groups in total. The number of nitrogens with one attached hydrogen (secondary N) is 1. The van der Waals surface area contributed by atoms with E-state index in [1.54, 1.807) is 18.3 Å². The lowest BCUT2D eigenvalue weighted by Gasteiger charge is -2.17. The van der Waals surface area contributed by atoms with Crippen LogP contribution in [0.15, 0.2) is 71.8 Å². The van der Waals surface area contributed by atoms with Crippen LogP contribution in [0.3, 0.4) is 0 Å². The molecule has 3 rings (SSSR count). The first-order valence-corrected chi connectivity index (χ1v) is 11.3. The highest BCUT2D eigenvalue weighted by atomic mass is 35.5. The molecule has 0 atom stereocenters. The van der Waals surface area contributed by atoms with Gasteiger partial charge in [0, 0.05) is 35.5 Å². The Morgan fingerprint density at radius 3 is 2.15 bits per heavy atom. The lowest BCUT2D eigenvalue weighted by molar-refractivity contribution is -0.116. The molecular weight excluding hydrogens is 497 g/mol. The number of rotatable bonds is 8. The summed E-state index contributed by atoms with van der Waals surface area (Å²) in [7, 11) is 1.51. The van der Waals surface area contributed by atoms with E-state index in [0.29, 0.717) is 40.3 Å². The molecule has 0 aliphatic rings. The fourth-order valence-electron chi connectivity index (χ4n) is 2.80. The average Bonchev–Trinajstić information content (AvgIpc) is 2.82. The summed E-state index contributed by atoms with van der Waals surface area (Å²) in [6.07, 6.45) is 2.76. The van der Waals surface area contributed by atoms with E-state index >= 15 is 0 Å². The van der Waals surface area contributed by atoms with E-state index in [9.17, 15) is 9.59 Å². The minimum Gasteiger partial charge on any atom is -0.365 e. The molecule has 34 heavy (non-hydrogen) atoms. The van der Waals surface area contributed by atoms with Gasteiger partial charge in [-0.1, -0.05) is 77.3 Å². The van der Waals surface area contributed by atoms with Crippen LogP contribution in [-0.4, -0.2) is 32.4 Å². The van der Waals surface area contributed by atoms with Gasteiger partial charge in [-0.05, 0) is 41.0 Å². The van der Waals surface area contributed by atoms with E-state index in [1.807, 2.05) is 54.6 Å². The highest BCUT2D eigenvalue weighted by Crippen LogP contribution is 2.33. The summed E-state index contributed by atoms with van der Waals surface area (Å²) in [5.41, 5.74) is 3.20. The number of nitrogens with zero attached hydrogens (tertiary/aromatic N) is 2. The Labute approximate surface area is 214 Å². The van der Waals surface area contributed by atoms with Crippen LogP contribution in [0.5, 0.6) is 0 Å². The zero-order chi connectivity index (χ0) is 24.9. The van der Waals surface area contributed by atoms with Crippen LogP contribution in [0, 0.1) is 0 Å². The van der Waals surface area contributed by atoms with Crippen molar-refractivity contribution in [2.45, 2.75) is 13.3 Å². The van der Waals surface area contributed by atoms with Crippen LogP contribution < -0.4 is 10.3 Å². The topological polar surface area (TPSA) is 71.0 Å². The maximum atomic E-state index is 12.1. The van der Waals surface area contributed by atoms with Gasteiger partial charge in [-0.15, -0.1) is 0 Å². The summed E-state index contributed by atoms with van der Waals surface area (Å²) < 4.78 is 4.44. The second-order valence-electron chi connectivity index (χ2n) is 6.93. The Bertz CT molecular complexity index is 1080. The minimum absolute atomic E-state index is 0.246. The first-order chi connectivity index (χ1) is 16.3. The van der Waals surface area contributed by atoms with E-state index in [0.717, 1.165) is 16.7 Å². The SMILES string of the molecule is CC(=O)N(/N=C/c1ccccc1)c1cc(Cl)c(Cc2ccc(Cl)cc2)c(Cl)c1.COCNC=O. The number of anilines is 1. The van der Waals surface area contributed by atoms with E-state index in [-0.39, 0.29) is 5.91 Å². The molecule has 9 heteroatoms. The molecule has 0 saturated heterocycles. The molecule has 178 valence electrons. The van der Waals surface area contributed by atoms with Crippen molar-refractivity contribution in [3.63, 3.8) is 0 Å². The third-order valence-electron chi connectivity index (χ3n) is 4.40. The van der Waals surface area contributed by atoms with Crippen LogP contribution in [0.4, 0.5) is 5.69 Å². The van der Waals surface area contributed by atoms with Crippen molar-refractivity contribution in [1.82, 2.24) is 5.32 Å². The number of methoxy groups -OCH3 is 1. The molecule has 0 heterocycles. The average molecular weight is 521 g/mol. The number of halogens is 3. The third-order valence-corrected chi connectivity index (χ3v) is 5.32. The summed E-state index contributed by atoms with van der Waals surface area (Å²) in [5.74, 6) is -0.246. The molecule has 3 aromatic carbocycles. The fourth-order valence-corrected chi connectivity index (χ4v) is 3.53. The molecule has 3 aromatic rings. The summed E-state index contributed by atoms with van der Waals surface area (Å²) in [4.78, 5) is 21.5. The van der Waals surface area contributed by atoms with Gasteiger partial charge in [0.25, 0.3) is 0 Å². The zero-order valence-electron chi connectivity index (χ0n) is 18.7. The molecule has 6 nitrogen and oxygen atoms in total. The van der Waals surface area contributed by atoms with Crippen LogP contribution in [0.2, 0.25) is 15.1 Å². The van der Waals surface area contributed by atoms with Crippen molar-refractivity contribution in [2.24, 2.45) is 5.10 Å². The molecule has 0 radical (unpaired) electrons. The van der Waals surface area contributed by atoms with Crippen LogP contribution in [0.1, 0.15) is 23.6 Å².